The SMILES string of the molecule is Cc1nc(OCc2ccc(F)cc2F)c(Cl)c(=O)n1-c1ccc2c(c1)CCN(C(=O)CO)C2. The van der Waals surface area contributed by atoms with Crippen molar-refractivity contribution in [1.82, 2.24) is 14.5 Å². The lowest BCUT2D eigenvalue weighted by Crippen LogP contribution is -2.37. The second-order valence-electron chi connectivity index (χ2n) is 7.62. The number of fused-ring (bicyclic) bond motifs is 1. The van der Waals surface area contributed by atoms with Crippen LogP contribution >= 0.6 is 11.6 Å². The van der Waals surface area contributed by atoms with Gasteiger partial charge in [-0.2, -0.15) is 4.98 Å². The Morgan fingerprint density at radius 1 is 1.21 bits per heavy atom. The lowest BCUT2D eigenvalue weighted by atomic mass is 9.99. The van der Waals surface area contributed by atoms with Crippen molar-refractivity contribution in [3.05, 3.63) is 85.9 Å². The Morgan fingerprint density at radius 3 is 2.73 bits per heavy atom. The molecule has 7 nitrogen and oxygen atoms in total. The number of benzene rings is 2. The molecule has 1 N–H and O–H groups in total. The van der Waals surface area contributed by atoms with Crippen molar-refractivity contribution in [2.24, 2.45) is 0 Å². The van der Waals surface area contributed by atoms with Gasteiger partial charge in [0.1, 0.15) is 30.7 Å². The van der Waals surface area contributed by atoms with E-state index in [1.54, 1.807) is 17.9 Å². The molecule has 1 aliphatic rings. The van der Waals surface area contributed by atoms with Gasteiger partial charge in [0.05, 0.1) is 5.69 Å². The molecular weight excluding hydrogens is 456 g/mol. The minimum atomic E-state index is -0.774. The largest absolute Gasteiger partial charge is 0.471 e. The normalized spacial score (nSPS) is 13.1. The summed E-state index contributed by atoms with van der Waals surface area (Å²) in [6.45, 7) is 1.66. The van der Waals surface area contributed by atoms with E-state index in [4.69, 9.17) is 21.4 Å². The molecule has 0 saturated heterocycles. The Hall–Kier alpha value is -3.30. The van der Waals surface area contributed by atoms with Gasteiger partial charge in [0.2, 0.25) is 11.8 Å². The summed E-state index contributed by atoms with van der Waals surface area (Å²) >= 11 is 6.22. The minimum absolute atomic E-state index is 0.0968. The van der Waals surface area contributed by atoms with E-state index in [1.807, 2.05) is 12.1 Å². The molecule has 1 aromatic heterocycles. The molecule has 10 heteroatoms. The number of hydrogen-bond acceptors (Lipinski definition) is 5. The van der Waals surface area contributed by atoms with Crippen LogP contribution in [-0.2, 0) is 24.4 Å². The number of aliphatic hydroxyl groups is 1. The van der Waals surface area contributed by atoms with Crippen LogP contribution in [0.3, 0.4) is 0 Å². The average molecular weight is 476 g/mol. The molecule has 4 rings (SSSR count). The maximum absolute atomic E-state index is 13.9. The van der Waals surface area contributed by atoms with E-state index in [0.717, 1.165) is 23.3 Å². The zero-order valence-electron chi connectivity index (χ0n) is 17.6. The van der Waals surface area contributed by atoms with Crippen molar-refractivity contribution < 1.29 is 23.4 Å². The molecule has 0 radical (unpaired) electrons. The zero-order valence-corrected chi connectivity index (χ0v) is 18.4. The van der Waals surface area contributed by atoms with Crippen LogP contribution in [0.2, 0.25) is 5.02 Å². The van der Waals surface area contributed by atoms with E-state index >= 15 is 0 Å². The third kappa shape index (κ3) is 4.60. The molecule has 172 valence electrons. The predicted octanol–water partition coefficient (Wildman–Crippen LogP) is 2.93. The Labute approximate surface area is 192 Å². The van der Waals surface area contributed by atoms with Crippen molar-refractivity contribution in [1.29, 1.82) is 0 Å². The fraction of sp³-hybridized carbons (Fsp3) is 0.261. The van der Waals surface area contributed by atoms with E-state index in [-0.39, 0.29) is 29.0 Å². The van der Waals surface area contributed by atoms with Crippen LogP contribution in [0.15, 0.2) is 41.2 Å². The smallest absolute Gasteiger partial charge is 0.280 e. The molecule has 1 aliphatic heterocycles. The second-order valence-corrected chi connectivity index (χ2v) is 8.00. The maximum Gasteiger partial charge on any atom is 0.280 e. The summed E-state index contributed by atoms with van der Waals surface area (Å²) in [6, 6.07) is 8.49. The van der Waals surface area contributed by atoms with Crippen LogP contribution in [-0.4, -0.2) is 38.6 Å². The van der Waals surface area contributed by atoms with Gasteiger partial charge in [0, 0.05) is 24.7 Å². The number of nitrogens with zero attached hydrogens (tertiary/aromatic N) is 3. The molecule has 0 unspecified atom stereocenters. The molecule has 0 bridgehead atoms. The Morgan fingerprint density at radius 2 is 2.00 bits per heavy atom. The van der Waals surface area contributed by atoms with Gasteiger partial charge in [0.25, 0.3) is 5.56 Å². The highest BCUT2D eigenvalue weighted by Crippen LogP contribution is 2.25. The minimum Gasteiger partial charge on any atom is -0.471 e. The molecule has 3 aromatic rings. The first-order valence-corrected chi connectivity index (χ1v) is 10.5. The topological polar surface area (TPSA) is 84.7 Å². The molecular formula is C23H20ClF2N3O4. The molecule has 0 fully saturated rings. The molecule has 2 heterocycles. The van der Waals surface area contributed by atoms with Crippen molar-refractivity contribution in [2.75, 3.05) is 13.2 Å². The number of ether oxygens (including phenoxy) is 1. The van der Waals surface area contributed by atoms with Crippen molar-refractivity contribution in [3.63, 3.8) is 0 Å². The predicted molar refractivity (Wildman–Crippen MR) is 116 cm³/mol. The first-order chi connectivity index (χ1) is 15.8. The quantitative estimate of drug-likeness (QED) is 0.613. The van der Waals surface area contributed by atoms with E-state index in [2.05, 4.69) is 4.98 Å². The van der Waals surface area contributed by atoms with Crippen molar-refractivity contribution >= 4 is 17.5 Å². The first kappa shape index (κ1) is 22.9. The van der Waals surface area contributed by atoms with Crippen LogP contribution < -0.4 is 10.3 Å². The maximum atomic E-state index is 13.9. The highest BCUT2D eigenvalue weighted by Gasteiger charge is 2.22. The van der Waals surface area contributed by atoms with Gasteiger partial charge in [0.15, 0.2) is 5.02 Å². The van der Waals surface area contributed by atoms with Gasteiger partial charge in [-0.3, -0.25) is 14.2 Å². The number of halogens is 3. The summed E-state index contributed by atoms with van der Waals surface area (Å²) < 4.78 is 33.7. The number of aryl methyl sites for hydroxylation is 1. The number of amides is 1. The summed E-state index contributed by atoms with van der Waals surface area (Å²) in [5, 5.41) is 8.81. The summed E-state index contributed by atoms with van der Waals surface area (Å²) in [6.07, 6.45) is 0.578. The number of rotatable bonds is 5. The molecule has 1 amide bonds. The highest BCUT2D eigenvalue weighted by atomic mass is 35.5. The van der Waals surface area contributed by atoms with Crippen molar-refractivity contribution in [2.45, 2.75) is 26.5 Å². The summed E-state index contributed by atoms with van der Waals surface area (Å²) in [4.78, 5) is 30.6. The highest BCUT2D eigenvalue weighted by molar-refractivity contribution is 6.31. The molecule has 0 saturated carbocycles. The van der Waals surface area contributed by atoms with Crippen LogP contribution in [0.1, 0.15) is 22.5 Å². The van der Waals surface area contributed by atoms with E-state index in [0.29, 0.717) is 31.0 Å². The molecule has 2 aromatic carbocycles. The molecule has 33 heavy (non-hydrogen) atoms. The number of aromatic nitrogens is 2. The molecule has 0 spiro atoms. The third-order valence-corrected chi connectivity index (χ3v) is 5.82. The zero-order chi connectivity index (χ0) is 23.7. The number of aliphatic hydroxyl groups excluding tert-OH is 1. The van der Waals surface area contributed by atoms with Gasteiger partial charge < -0.3 is 14.7 Å². The van der Waals surface area contributed by atoms with Gasteiger partial charge in [-0.1, -0.05) is 17.7 Å². The van der Waals surface area contributed by atoms with E-state index in [1.165, 1.54) is 10.6 Å². The number of hydrogen-bond donors (Lipinski definition) is 1. The van der Waals surface area contributed by atoms with Crippen molar-refractivity contribution in [3.8, 4) is 11.6 Å². The summed E-state index contributed by atoms with van der Waals surface area (Å²) in [5.74, 6) is -1.64. The fourth-order valence-electron chi connectivity index (χ4n) is 3.76. The summed E-state index contributed by atoms with van der Waals surface area (Å²) in [7, 11) is 0. The lowest BCUT2D eigenvalue weighted by molar-refractivity contribution is -0.135. The summed E-state index contributed by atoms with van der Waals surface area (Å²) in [5.41, 5.74) is 2.01. The standard InChI is InChI=1S/C23H20ClF2N3O4/c1-13-27-22(33-12-16-2-4-17(25)9-19(16)26)21(24)23(32)29(13)18-5-3-15-10-28(20(31)11-30)7-6-14(15)8-18/h2-5,8-9,30H,6-7,10-12H2,1H3. The lowest BCUT2D eigenvalue weighted by Gasteiger charge is -2.29. The van der Waals surface area contributed by atoms with Gasteiger partial charge in [-0.05, 0) is 48.7 Å². The fourth-order valence-corrected chi connectivity index (χ4v) is 3.94. The molecule has 0 aliphatic carbocycles. The Bertz CT molecular complexity index is 1300. The van der Waals surface area contributed by atoms with Crippen LogP contribution in [0.25, 0.3) is 5.69 Å². The van der Waals surface area contributed by atoms with Crippen LogP contribution in [0.5, 0.6) is 5.88 Å². The van der Waals surface area contributed by atoms with E-state index < -0.39 is 23.8 Å². The monoisotopic (exact) mass is 475 g/mol. The van der Waals surface area contributed by atoms with Gasteiger partial charge in [-0.15, -0.1) is 0 Å². The molecule has 0 atom stereocenters. The number of carbonyl (C=O) groups is 1. The second kappa shape index (κ2) is 9.29. The Kier molecular flexibility index (Phi) is 6.44. The van der Waals surface area contributed by atoms with E-state index in [9.17, 15) is 18.4 Å². The number of carbonyl (C=O) groups excluding carboxylic acids is 1. The van der Waals surface area contributed by atoms with Gasteiger partial charge in [-0.25, -0.2) is 8.78 Å². The van der Waals surface area contributed by atoms with Crippen LogP contribution in [0.4, 0.5) is 8.78 Å². The average Bonchev–Trinajstić information content (AvgIpc) is 2.80. The van der Waals surface area contributed by atoms with Gasteiger partial charge >= 0.3 is 0 Å². The first-order valence-electron chi connectivity index (χ1n) is 10.1. The third-order valence-electron chi connectivity index (χ3n) is 5.49. The Balaban J connectivity index is 1.60. The van der Waals surface area contributed by atoms with Crippen LogP contribution in [0, 0.1) is 18.6 Å².